The summed E-state index contributed by atoms with van der Waals surface area (Å²) >= 11 is 0. The third-order valence-electron chi connectivity index (χ3n) is 10.7. The SMILES string of the molecule is CCCCCCCCCCCCCOC(=O)CCN(C)CCN(CCN(C)CCC(=O)OC)CCN(C)CCC(=O)OCCCCCCCCCCCCC. The van der Waals surface area contributed by atoms with E-state index in [2.05, 4.69) is 47.5 Å². The maximum absolute atomic E-state index is 12.4. The van der Waals surface area contributed by atoms with Crippen molar-refractivity contribution < 1.29 is 28.6 Å². The van der Waals surface area contributed by atoms with Crippen LogP contribution in [0.2, 0.25) is 0 Å². The first-order valence-electron chi connectivity index (χ1n) is 22.9. The lowest BCUT2D eigenvalue weighted by molar-refractivity contribution is -0.145. The number of rotatable bonds is 42. The van der Waals surface area contributed by atoms with Gasteiger partial charge < -0.3 is 28.9 Å². The summed E-state index contributed by atoms with van der Waals surface area (Å²) < 4.78 is 15.9. The Morgan fingerprint density at radius 3 is 0.927 bits per heavy atom. The van der Waals surface area contributed by atoms with Gasteiger partial charge in [-0.15, -0.1) is 0 Å². The maximum Gasteiger partial charge on any atom is 0.307 e. The number of unbranched alkanes of at least 4 members (excludes halogenated alkanes) is 20. The molecule has 0 N–H and O–H groups in total. The number of ether oxygens (including phenoxy) is 3. The topological polar surface area (TPSA) is 91.9 Å². The average molecular weight is 783 g/mol. The molecule has 0 rings (SSSR count). The fourth-order valence-electron chi connectivity index (χ4n) is 6.60. The molecule has 0 spiro atoms. The molecule has 0 aliphatic heterocycles. The van der Waals surface area contributed by atoms with Crippen molar-refractivity contribution in [1.82, 2.24) is 19.6 Å². The number of hydrogen-bond donors (Lipinski definition) is 0. The van der Waals surface area contributed by atoms with Gasteiger partial charge in [0.2, 0.25) is 0 Å². The van der Waals surface area contributed by atoms with Crippen LogP contribution in [0.25, 0.3) is 0 Å². The zero-order valence-electron chi connectivity index (χ0n) is 37.2. The molecule has 0 fully saturated rings. The lowest BCUT2D eigenvalue weighted by Crippen LogP contribution is -2.42. The number of esters is 3. The first-order valence-corrected chi connectivity index (χ1v) is 22.9. The van der Waals surface area contributed by atoms with E-state index in [0.717, 1.165) is 65.0 Å². The largest absolute Gasteiger partial charge is 0.469 e. The third kappa shape index (κ3) is 38.9. The van der Waals surface area contributed by atoms with Gasteiger partial charge in [-0.05, 0) is 34.0 Å². The molecule has 10 nitrogen and oxygen atoms in total. The molecule has 0 aromatic heterocycles. The van der Waals surface area contributed by atoms with Crippen LogP contribution < -0.4 is 0 Å². The summed E-state index contributed by atoms with van der Waals surface area (Å²) in [6.45, 7) is 12.7. The Balaban J connectivity index is 4.32. The van der Waals surface area contributed by atoms with E-state index in [0.29, 0.717) is 52.1 Å². The molecule has 0 amide bonds. The van der Waals surface area contributed by atoms with Gasteiger partial charge >= 0.3 is 17.9 Å². The monoisotopic (exact) mass is 783 g/mol. The average Bonchev–Trinajstić information content (AvgIpc) is 3.18. The number of nitrogens with zero attached hydrogens (tertiary/aromatic N) is 4. The summed E-state index contributed by atoms with van der Waals surface area (Å²) in [6.07, 6.45) is 29.4. The van der Waals surface area contributed by atoms with Crippen LogP contribution in [0, 0.1) is 0 Å². The molecule has 10 heteroatoms. The Bertz CT molecular complexity index is 824. The normalized spacial score (nSPS) is 11.7. The molecule has 0 atom stereocenters. The highest BCUT2D eigenvalue weighted by molar-refractivity contribution is 5.70. The first kappa shape index (κ1) is 53.2. The number of carbonyl (C=O) groups excluding carboxylic acids is 3. The van der Waals surface area contributed by atoms with Crippen LogP contribution in [-0.4, -0.2) is 138 Å². The molecule has 0 bridgehead atoms. The van der Waals surface area contributed by atoms with Crippen molar-refractivity contribution in [3.05, 3.63) is 0 Å². The standard InChI is InChI=1S/C45H90N4O6/c1-7-9-11-13-15-17-19-21-23-25-27-41-54-44(51)30-33-47(4)36-39-49(38-35-46(3)32-29-43(50)53-6)40-37-48(5)34-31-45(52)55-42-28-26-24-22-20-18-16-14-12-10-8-2/h7-42H2,1-6H3. The summed E-state index contributed by atoms with van der Waals surface area (Å²) in [4.78, 5) is 45.4. The second-order valence-corrected chi connectivity index (χ2v) is 16.1. The predicted octanol–water partition coefficient (Wildman–Crippen LogP) is 9.14. The van der Waals surface area contributed by atoms with E-state index < -0.39 is 0 Å². The molecule has 0 aromatic carbocycles. The van der Waals surface area contributed by atoms with Crippen LogP contribution in [0.1, 0.15) is 174 Å². The van der Waals surface area contributed by atoms with E-state index in [-0.39, 0.29) is 17.9 Å². The minimum atomic E-state index is -0.193. The highest BCUT2D eigenvalue weighted by Crippen LogP contribution is 2.13. The molecule has 0 aromatic rings. The summed E-state index contributed by atoms with van der Waals surface area (Å²) in [5.41, 5.74) is 0. The molecule has 0 radical (unpaired) electrons. The molecular weight excluding hydrogens is 693 g/mol. The highest BCUT2D eigenvalue weighted by Gasteiger charge is 2.13. The third-order valence-corrected chi connectivity index (χ3v) is 10.7. The lowest BCUT2D eigenvalue weighted by Gasteiger charge is -2.29. The minimum absolute atomic E-state index is 0.109. The van der Waals surface area contributed by atoms with E-state index in [1.165, 1.54) is 123 Å². The molecule has 0 aliphatic rings. The highest BCUT2D eigenvalue weighted by atomic mass is 16.5. The summed E-state index contributed by atoms with van der Waals surface area (Å²) in [7, 11) is 7.58. The van der Waals surface area contributed by atoms with Gasteiger partial charge in [-0.25, -0.2) is 0 Å². The van der Waals surface area contributed by atoms with Crippen LogP contribution in [0.4, 0.5) is 0 Å². The maximum atomic E-state index is 12.4. The van der Waals surface area contributed by atoms with Crippen LogP contribution in [0.3, 0.4) is 0 Å². The zero-order valence-corrected chi connectivity index (χ0v) is 37.2. The minimum Gasteiger partial charge on any atom is -0.469 e. The van der Waals surface area contributed by atoms with Gasteiger partial charge in [0.15, 0.2) is 0 Å². The summed E-state index contributed by atoms with van der Waals surface area (Å²) in [6, 6.07) is 0. The van der Waals surface area contributed by atoms with Crippen molar-refractivity contribution in [3.63, 3.8) is 0 Å². The van der Waals surface area contributed by atoms with Crippen LogP contribution >= 0.6 is 0 Å². The zero-order chi connectivity index (χ0) is 40.6. The van der Waals surface area contributed by atoms with Crippen molar-refractivity contribution >= 4 is 17.9 Å². The molecule has 0 saturated heterocycles. The second-order valence-electron chi connectivity index (χ2n) is 16.1. The van der Waals surface area contributed by atoms with E-state index in [9.17, 15) is 14.4 Å². The molecule has 0 unspecified atom stereocenters. The van der Waals surface area contributed by atoms with Crippen molar-refractivity contribution in [2.24, 2.45) is 0 Å². The number of likely N-dealkylation sites (N-methyl/N-ethyl adjacent to an activating group) is 3. The van der Waals surface area contributed by atoms with E-state index >= 15 is 0 Å². The molecular formula is C45H90N4O6. The van der Waals surface area contributed by atoms with Gasteiger partial charge in [-0.1, -0.05) is 142 Å². The van der Waals surface area contributed by atoms with Crippen LogP contribution in [0.5, 0.6) is 0 Å². The van der Waals surface area contributed by atoms with E-state index in [1.54, 1.807) is 0 Å². The van der Waals surface area contributed by atoms with Crippen molar-refractivity contribution in [2.45, 2.75) is 174 Å². The van der Waals surface area contributed by atoms with Gasteiger partial charge in [0.1, 0.15) is 0 Å². The van der Waals surface area contributed by atoms with Gasteiger partial charge in [0.25, 0.3) is 0 Å². The van der Waals surface area contributed by atoms with E-state index in [4.69, 9.17) is 14.2 Å². The van der Waals surface area contributed by atoms with E-state index in [1.807, 2.05) is 7.05 Å². The number of carbonyl (C=O) groups is 3. The van der Waals surface area contributed by atoms with Crippen molar-refractivity contribution in [1.29, 1.82) is 0 Å². The van der Waals surface area contributed by atoms with Gasteiger partial charge in [0.05, 0.1) is 39.6 Å². The predicted molar refractivity (Wildman–Crippen MR) is 230 cm³/mol. The Morgan fingerprint density at radius 1 is 0.364 bits per heavy atom. The molecule has 0 saturated carbocycles. The Labute approximate surface area is 340 Å². The summed E-state index contributed by atoms with van der Waals surface area (Å²) in [5, 5.41) is 0. The Morgan fingerprint density at radius 2 is 0.636 bits per heavy atom. The fourth-order valence-corrected chi connectivity index (χ4v) is 6.60. The summed E-state index contributed by atoms with van der Waals surface area (Å²) in [5.74, 6) is -0.412. The first-order chi connectivity index (χ1) is 26.7. The Kier molecular flexibility index (Phi) is 39.2. The molecule has 326 valence electrons. The van der Waals surface area contributed by atoms with Crippen LogP contribution in [-0.2, 0) is 28.6 Å². The molecule has 55 heavy (non-hydrogen) atoms. The van der Waals surface area contributed by atoms with Crippen LogP contribution in [0.15, 0.2) is 0 Å². The smallest absolute Gasteiger partial charge is 0.307 e. The Hall–Kier alpha value is -1.75. The van der Waals surface area contributed by atoms with Crippen molar-refractivity contribution in [2.75, 3.05) is 100 Å². The van der Waals surface area contributed by atoms with Gasteiger partial charge in [-0.2, -0.15) is 0 Å². The lowest BCUT2D eigenvalue weighted by atomic mass is 10.1. The molecule has 0 heterocycles. The molecule has 0 aliphatic carbocycles. The van der Waals surface area contributed by atoms with Gasteiger partial charge in [-0.3, -0.25) is 19.3 Å². The fraction of sp³-hybridized carbons (Fsp3) is 0.933. The van der Waals surface area contributed by atoms with Gasteiger partial charge in [0, 0.05) is 58.9 Å². The van der Waals surface area contributed by atoms with Crippen molar-refractivity contribution in [3.8, 4) is 0 Å². The quantitative estimate of drug-likeness (QED) is 0.0339. The number of methoxy groups -OCH3 is 1. The second kappa shape index (κ2) is 40.4. The number of hydrogen-bond acceptors (Lipinski definition) is 10.